The van der Waals surface area contributed by atoms with Gasteiger partial charge in [0.25, 0.3) is 5.69 Å². The number of hydrogen-bond acceptors (Lipinski definition) is 4. The fourth-order valence-corrected chi connectivity index (χ4v) is 2.24. The Labute approximate surface area is 134 Å². The number of aromatic carboxylic acids is 1. The molecule has 0 heterocycles. The van der Waals surface area contributed by atoms with Crippen LogP contribution in [0.3, 0.4) is 0 Å². The van der Waals surface area contributed by atoms with E-state index < -0.39 is 10.9 Å². The molecule has 2 rings (SSSR count). The van der Waals surface area contributed by atoms with Gasteiger partial charge in [0.2, 0.25) is 0 Å². The van der Waals surface area contributed by atoms with Crippen molar-refractivity contribution in [3.8, 4) is 0 Å². The van der Waals surface area contributed by atoms with Crippen LogP contribution in [0.2, 0.25) is 0 Å². The fourth-order valence-electron chi connectivity index (χ4n) is 1.77. The maximum Gasteiger partial charge on any atom is 0.335 e. The van der Waals surface area contributed by atoms with Crippen molar-refractivity contribution in [3.63, 3.8) is 0 Å². The molecule has 2 aromatic rings. The number of anilines is 1. The lowest BCUT2D eigenvalue weighted by Gasteiger charge is -2.08. The highest BCUT2D eigenvalue weighted by Crippen LogP contribution is 2.26. The molecule has 0 spiro atoms. The van der Waals surface area contributed by atoms with Crippen LogP contribution >= 0.6 is 22.6 Å². The third-order valence-corrected chi connectivity index (χ3v) is 3.51. The van der Waals surface area contributed by atoms with Crippen molar-refractivity contribution in [2.45, 2.75) is 6.54 Å². The monoisotopic (exact) mass is 398 g/mol. The average molecular weight is 398 g/mol. The summed E-state index contributed by atoms with van der Waals surface area (Å²) < 4.78 is 0.788. The molecule has 21 heavy (non-hydrogen) atoms. The van der Waals surface area contributed by atoms with E-state index in [1.165, 1.54) is 18.2 Å². The molecule has 0 unspecified atom stereocenters. The van der Waals surface area contributed by atoms with E-state index in [9.17, 15) is 14.9 Å². The number of nitrogens with zero attached hydrogens (tertiary/aromatic N) is 1. The summed E-state index contributed by atoms with van der Waals surface area (Å²) >= 11 is 2.02. The summed E-state index contributed by atoms with van der Waals surface area (Å²) in [6.45, 7) is 0.376. The first-order valence-electron chi connectivity index (χ1n) is 5.97. The predicted molar refractivity (Wildman–Crippen MR) is 86.5 cm³/mol. The summed E-state index contributed by atoms with van der Waals surface area (Å²) in [6, 6.07) is 11.3. The van der Waals surface area contributed by atoms with Crippen LogP contribution in [-0.2, 0) is 6.54 Å². The Morgan fingerprint density at radius 1 is 1.24 bits per heavy atom. The van der Waals surface area contributed by atoms with E-state index in [0.29, 0.717) is 12.2 Å². The second kappa shape index (κ2) is 6.53. The zero-order valence-corrected chi connectivity index (χ0v) is 12.9. The van der Waals surface area contributed by atoms with Gasteiger partial charge in [-0.2, -0.15) is 0 Å². The van der Waals surface area contributed by atoms with Gasteiger partial charge in [0.1, 0.15) is 5.69 Å². The van der Waals surface area contributed by atoms with Gasteiger partial charge in [-0.25, -0.2) is 4.79 Å². The van der Waals surface area contributed by atoms with Gasteiger partial charge < -0.3 is 10.4 Å². The summed E-state index contributed by atoms with van der Waals surface area (Å²) in [5.74, 6) is -0.984. The largest absolute Gasteiger partial charge is 0.478 e. The summed E-state index contributed by atoms with van der Waals surface area (Å²) in [5, 5.41) is 22.8. The quantitative estimate of drug-likeness (QED) is 0.457. The average Bonchev–Trinajstić information content (AvgIpc) is 2.46. The van der Waals surface area contributed by atoms with Gasteiger partial charge in [-0.3, -0.25) is 10.1 Å². The number of carboxylic acids is 1. The molecular weight excluding hydrogens is 387 g/mol. The molecule has 0 aliphatic carbocycles. The van der Waals surface area contributed by atoms with Crippen molar-refractivity contribution in [1.29, 1.82) is 0 Å². The highest BCUT2D eigenvalue weighted by molar-refractivity contribution is 14.1. The minimum absolute atomic E-state index is 0.0176. The van der Waals surface area contributed by atoms with Gasteiger partial charge in [-0.15, -0.1) is 0 Å². The molecule has 0 saturated heterocycles. The highest BCUT2D eigenvalue weighted by Gasteiger charge is 2.13. The first-order valence-corrected chi connectivity index (χ1v) is 7.05. The molecule has 108 valence electrons. The minimum atomic E-state index is -0.984. The van der Waals surface area contributed by atoms with Gasteiger partial charge in [-0.05, 0) is 52.4 Å². The lowest BCUT2D eigenvalue weighted by molar-refractivity contribution is -0.384. The topological polar surface area (TPSA) is 92.5 Å². The van der Waals surface area contributed by atoms with Crippen molar-refractivity contribution >= 4 is 39.9 Å². The molecule has 0 atom stereocenters. The van der Waals surface area contributed by atoms with Crippen molar-refractivity contribution in [2.75, 3.05) is 5.32 Å². The van der Waals surface area contributed by atoms with Gasteiger partial charge in [-0.1, -0.05) is 12.1 Å². The van der Waals surface area contributed by atoms with Crippen LogP contribution in [0, 0.1) is 13.7 Å². The van der Waals surface area contributed by atoms with Crippen LogP contribution in [0.4, 0.5) is 11.4 Å². The SMILES string of the molecule is O=C(O)c1ccc(CNc2ccc(I)cc2[N+](=O)[O-])cc1. The summed E-state index contributed by atoms with van der Waals surface area (Å²) in [6.07, 6.45) is 0. The third kappa shape index (κ3) is 3.91. The van der Waals surface area contributed by atoms with Crippen LogP contribution in [-0.4, -0.2) is 16.0 Å². The summed E-state index contributed by atoms with van der Waals surface area (Å²) in [4.78, 5) is 21.3. The normalized spacial score (nSPS) is 10.1. The number of rotatable bonds is 5. The Hall–Kier alpha value is -2.16. The van der Waals surface area contributed by atoms with E-state index in [-0.39, 0.29) is 11.3 Å². The Kier molecular flexibility index (Phi) is 4.73. The molecule has 2 N–H and O–H groups in total. The summed E-state index contributed by atoms with van der Waals surface area (Å²) in [5.41, 5.74) is 1.50. The molecule has 0 saturated carbocycles. The van der Waals surface area contributed by atoms with Crippen LogP contribution in [0.5, 0.6) is 0 Å². The van der Waals surface area contributed by atoms with Gasteiger partial charge in [0, 0.05) is 16.2 Å². The number of nitrogens with one attached hydrogen (secondary N) is 1. The molecule has 0 aliphatic heterocycles. The molecule has 0 radical (unpaired) electrons. The maximum atomic E-state index is 11.0. The number of nitro groups is 1. The Bertz CT molecular complexity index is 686. The van der Waals surface area contributed by atoms with Crippen molar-refractivity contribution < 1.29 is 14.8 Å². The number of nitro benzene ring substituents is 1. The molecular formula is C14H11IN2O4. The van der Waals surface area contributed by atoms with E-state index >= 15 is 0 Å². The molecule has 0 amide bonds. The zero-order chi connectivity index (χ0) is 15.4. The molecule has 0 aromatic heterocycles. The highest BCUT2D eigenvalue weighted by atomic mass is 127. The van der Waals surface area contributed by atoms with Crippen molar-refractivity contribution in [3.05, 3.63) is 67.3 Å². The van der Waals surface area contributed by atoms with Crippen LogP contribution in [0.15, 0.2) is 42.5 Å². The Balaban J connectivity index is 2.13. The zero-order valence-electron chi connectivity index (χ0n) is 10.7. The van der Waals surface area contributed by atoms with E-state index in [2.05, 4.69) is 5.32 Å². The van der Waals surface area contributed by atoms with E-state index in [0.717, 1.165) is 9.13 Å². The van der Waals surface area contributed by atoms with Crippen molar-refractivity contribution in [1.82, 2.24) is 0 Å². The lowest BCUT2D eigenvalue weighted by atomic mass is 10.1. The molecule has 0 fully saturated rings. The third-order valence-electron chi connectivity index (χ3n) is 2.84. The molecule has 6 nitrogen and oxygen atoms in total. The van der Waals surface area contributed by atoms with Crippen LogP contribution in [0.1, 0.15) is 15.9 Å². The molecule has 2 aromatic carbocycles. The number of hydrogen-bond donors (Lipinski definition) is 2. The first-order chi connectivity index (χ1) is 9.97. The van der Waals surface area contributed by atoms with Gasteiger partial charge in [0.05, 0.1) is 10.5 Å². The Morgan fingerprint density at radius 3 is 2.48 bits per heavy atom. The smallest absolute Gasteiger partial charge is 0.335 e. The number of carbonyl (C=O) groups is 1. The number of carboxylic acid groups (broad SMARTS) is 1. The van der Waals surface area contributed by atoms with Crippen LogP contribution < -0.4 is 5.32 Å². The van der Waals surface area contributed by atoms with Crippen molar-refractivity contribution in [2.24, 2.45) is 0 Å². The van der Waals surface area contributed by atoms with Gasteiger partial charge in [0.15, 0.2) is 0 Å². The van der Waals surface area contributed by atoms with Gasteiger partial charge >= 0.3 is 5.97 Å². The fraction of sp³-hybridized carbons (Fsp3) is 0.0714. The maximum absolute atomic E-state index is 11.0. The number of benzene rings is 2. The number of halogens is 1. The second-order valence-electron chi connectivity index (χ2n) is 4.27. The second-order valence-corrected chi connectivity index (χ2v) is 5.52. The van der Waals surface area contributed by atoms with E-state index in [1.54, 1.807) is 24.3 Å². The van der Waals surface area contributed by atoms with E-state index in [1.807, 2.05) is 22.6 Å². The standard InChI is InChI=1S/C14H11IN2O4/c15-11-5-6-12(13(7-11)17(20)21)16-8-9-1-3-10(4-2-9)14(18)19/h1-7,16H,8H2,(H,18,19). The minimum Gasteiger partial charge on any atom is -0.478 e. The van der Waals surface area contributed by atoms with E-state index in [4.69, 9.17) is 5.11 Å². The first kappa shape index (κ1) is 15.2. The Morgan fingerprint density at radius 2 is 1.90 bits per heavy atom. The molecule has 0 bridgehead atoms. The summed E-state index contributed by atoms with van der Waals surface area (Å²) in [7, 11) is 0. The van der Waals surface area contributed by atoms with Crippen LogP contribution in [0.25, 0.3) is 0 Å². The molecule has 7 heteroatoms. The lowest BCUT2D eigenvalue weighted by Crippen LogP contribution is -2.03. The predicted octanol–water partition coefficient (Wildman–Crippen LogP) is 3.51. The molecule has 0 aliphatic rings.